The van der Waals surface area contributed by atoms with Gasteiger partial charge in [0.2, 0.25) is 5.91 Å². The van der Waals surface area contributed by atoms with E-state index in [9.17, 15) is 13.2 Å². The van der Waals surface area contributed by atoms with Crippen LogP contribution in [-0.2, 0) is 14.6 Å². The standard InChI is InChI=1S/C19H23NO4S/c1-14(21)20-13-5-7-18(20)17-6-3-4-8-19(17)24-15-9-11-16(12-10-15)25(2,22)23/h4,8-12,18H,3,5-7,13H2,1-2H3. The van der Waals surface area contributed by atoms with Crippen LogP contribution in [0, 0.1) is 0 Å². The second-order valence-corrected chi connectivity index (χ2v) is 8.56. The lowest BCUT2D eigenvalue weighted by Gasteiger charge is -2.28. The normalized spacial score (nSPS) is 20.9. The molecule has 1 unspecified atom stereocenters. The third kappa shape index (κ3) is 3.95. The van der Waals surface area contributed by atoms with Crippen molar-refractivity contribution in [2.75, 3.05) is 12.8 Å². The molecule has 3 rings (SSSR count). The molecule has 1 aromatic carbocycles. The molecule has 1 fully saturated rings. The molecule has 0 radical (unpaired) electrons. The molecule has 25 heavy (non-hydrogen) atoms. The Morgan fingerprint density at radius 3 is 2.60 bits per heavy atom. The van der Waals surface area contributed by atoms with Gasteiger partial charge in [0.25, 0.3) is 0 Å². The predicted molar refractivity (Wildman–Crippen MR) is 96.0 cm³/mol. The van der Waals surface area contributed by atoms with Crippen molar-refractivity contribution in [1.29, 1.82) is 0 Å². The highest BCUT2D eigenvalue weighted by molar-refractivity contribution is 7.90. The lowest BCUT2D eigenvalue weighted by molar-refractivity contribution is -0.129. The molecule has 5 nitrogen and oxygen atoms in total. The number of rotatable bonds is 4. The summed E-state index contributed by atoms with van der Waals surface area (Å²) in [6.45, 7) is 2.41. The minimum atomic E-state index is -3.22. The molecule has 6 heteroatoms. The Balaban J connectivity index is 1.87. The lowest BCUT2D eigenvalue weighted by atomic mass is 9.94. The van der Waals surface area contributed by atoms with Gasteiger partial charge in [-0.15, -0.1) is 0 Å². The molecule has 1 aliphatic carbocycles. The van der Waals surface area contributed by atoms with E-state index in [0.717, 1.165) is 43.6 Å². The minimum Gasteiger partial charge on any atom is -0.457 e. The highest BCUT2D eigenvalue weighted by Gasteiger charge is 2.32. The van der Waals surface area contributed by atoms with Crippen molar-refractivity contribution in [3.63, 3.8) is 0 Å². The van der Waals surface area contributed by atoms with Gasteiger partial charge in [0.1, 0.15) is 11.5 Å². The van der Waals surface area contributed by atoms with Crippen LogP contribution < -0.4 is 4.74 Å². The maximum Gasteiger partial charge on any atom is 0.219 e. The number of carbonyl (C=O) groups excluding carboxylic acids is 1. The number of nitrogens with zero attached hydrogens (tertiary/aromatic N) is 1. The number of likely N-dealkylation sites (tertiary alicyclic amines) is 1. The summed E-state index contributed by atoms with van der Waals surface area (Å²) < 4.78 is 29.2. The Hall–Kier alpha value is -2.08. The number of benzene rings is 1. The third-order valence-electron chi connectivity index (χ3n) is 4.71. The highest BCUT2D eigenvalue weighted by Crippen LogP contribution is 2.33. The molecule has 1 saturated heterocycles. The first-order valence-electron chi connectivity index (χ1n) is 8.51. The summed E-state index contributed by atoms with van der Waals surface area (Å²) >= 11 is 0. The van der Waals surface area contributed by atoms with Gasteiger partial charge in [0.15, 0.2) is 9.84 Å². The molecule has 1 heterocycles. The van der Waals surface area contributed by atoms with Gasteiger partial charge in [-0.1, -0.05) is 6.08 Å². The van der Waals surface area contributed by atoms with Gasteiger partial charge < -0.3 is 9.64 Å². The van der Waals surface area contributed by atoms with Gasteiger partial charge >= 0.3 is 0 Å². The predicted octanol–water partition coefficient (Wildman–Crippen LogP) is 3.08. The van der Waals surface area contributed by atoms with Gasteiger partial charge in [0.05, 0.1) is 10.9 Å². The molecule has 0 bridgehead atoms. The molecule has 2 aliphatic rings. The van der Waals surface area contributed by atoms with Crippen molar-refractivity contribution in [2.45, 2.75) is 43.5 Å². The van der Waals surface area contributed by atoms with E-state index >= 15 is 0 Å². The number of allylic oxidation sites excluding steroid dienone is 2. The number of carbonyl (C=O) groups is 1. The summed E-state index contributed by atoms with van der Waals surface area (Å²) in [5.41, 5.74) is 1.15. The minimum absolute atomic E-state index is 0.0985. The number of hydrogen-bond donors (Lipinski definition) is 0. The number of sulfone groups is 1. The molecule has 134 valence electrons. The van der Waals surface area contributed by atoms with Crippen molar-refractivity contribution in [2.24, 2.45) is 0 Å². The molecule has 1 atom stereocenters. The maximum absolute atomic E-state index is 11.9. The number of amides is 1. The van der Waals surface area contributed by atoms with E-state index in [-0.39, 0.29) is 16.8 Å². The summed E-state index contributed by atoms with van der Waals surface area (Å²) in [6.07, 6.45) is 9.00. The van der Waals surface area contributed by atoms with Crippen LogP contribution in [-0.4, -0.2) is 38.1 Å². The van der Waals surface area contributed by atoms with Crippen molar-refractivity contribution in [3.05, 3.63) is 47.7 Å². The zero-order valence-corrected chi connectivity index (χ0v) is 15.4. The molecule has 0 spiro atoms. The number of ether oxygens (including phenoxy) is 1. The second-order valence-electron chi connectivity index (χ2n) is 6.55. The van der Waals surface area contributed by atoms with Gasteiger partial charge in [0, 0.05) is 19.7 Å². The largest absolute Gasteiger partial charge is 0.457 e. The average molecular weight is 361 g/mol. The molecular weight excluding hydrogens is 338 g/mol. The number of hydrogen-bond acceptors (Lipinski definition) is 4. The fourth-order valence-electron chi connectivity index (χ4n) is 3.48. The Kier molecular flexibility index (Phi) is 4.99. The Morgan fingerprint density at radius 1 is 1.24 bits per heavy atom. The average Bonchev–Trinajstić information content (AvgIpc) is 3.05. The van der Waals surface area contributed by atoms with Crippen molar-refractivity contribution in [1.82, 2.24) is 4.90 Å². The zero-order chi connectivity index (χ0) is 18.0. The van der Waals surface area contributed by atoms with E-state index in [1.54, 1.807) is 31.2 Å². The van der Waals surface area contributed by atoms with Gasteiger partial charge in [-0.25, -0.2) is 8.42 Å². The van der Waals surface area contributed by atoms with Gasteiger partial charge in [-0.2, -0.15) is 0 Å². The summed E-state index contributed by atoms with van der Waals surface area (Å²) in [7, 11) is -3.22. The van der Waals surface area contributed by atoms with E-state index in [0.29, 0.717) is 5.75 Å². The smallest absolute Gasteiger partial charge is 0.219 e. The van der Waals surface area contributed by atoms with E-state index < -0.39 is 9.84 Å². The first-order chi connectivity index (χ1) is 11.9. The van der Waals surface area contributed by atoms with Crippen LogP contribution in [0.2, 0.25) is 0 Å². The molecule has 0 N–H and O–H groups in total. The Labute approximate surface area is 148 Å². The van der Waals surface area contributed by atoms with Crippen LogP contribution in [0.1, 0.15) is 32.6 Å². The van der Waals surface area contributed by atoms with Crippen molar-refractivity contribution >= 4 is 15.7 Å². The highest BCUT2D eigenvalue weighted by atomic mass is 32.2. The third-order valence-corrected chi connectivity index (χ3v) is 5.83. The monoisotopic (exact) mass is 361 g/mol. The fraction of sp³-hybridized carbons (Fsp3) is 0.421. The summed E-state index contributed by atoms with van der Waals surface area (Å²) in [4.78, 5) is 14.1. The van der Waals surface area contributed by atoms with Crippen LogP contribution >= 0.6 is 0 Å². The van der Waals surface area contributed by atoms with Crippen molar-refractivity contribution < 1.29 is 17.9 Å². The second kappa shape index (κ2) is 7.04. The van der Waals surface area contributed by atoms with Crippen LogP contribution in [0.25, 0.3) is 0 Å². The molecule has 0 aromatic heterocycles. The molecule has 1 aromatic rings. The molecule has 1 amide bonds. The maximum atomic E-state index is 11.9. The van der Waals surface area contributed by atoms with Crippen LogP contribution in [0.15, 0.2) is 52.6 Å². The quantitative estimate of drug-likeness (QED) is 0.827. The molecular formula is C19H23NO4S. The van der Waals surface area contributed by atoms with Gasteiger partial charge in [-0.3, -0.25) is 4.79 Å². The van der Waals surface area contributed by atoms with E-state index in [1.807, 2.05) is 11.0 Å². The van der Waals surface area contributed by atoms with E-state index in [2.05, 4.69) is 6.08 Å². The van der Waals surface area contributed by atoms with E-state index in [4.69, 9.17) is 4.74 Å². The lowest BCUT2D eigenvalue weighted by Crippen LogP contribution is -2.36. The van der Waals surface area contributed by atoms with Crippen LogP contribution in [0.3, 0.4) is 0 Å². The topological polar surface area (TPSA) is 63.7 Å². The molecule has 1 aliphatic heterocycles. The summed E-state index contributed by atoms with van der Waals surface area (Å²) in [6, 6.07) is 6.54. The first kappa shape index (κ1) is 17.7. The van der Waals surface area contributed by atoms with Crippen LogP contribution in [0.5, 0.6) is 5.75 Å². The SMILES string of the molecule is CC(=O)N1CCCC1C1=C(Oc2ccc(S(C)(=O)=O)cc2)C=CCC1. The van der Waals surface area contributed by atoms with Crippen molar-refractivity contribution in [3.8, 4) is 5.75 Å². The fourth-order valence-corrected chi connectivity index (χ4v) is 4.11. The van der Waals surface area contributed by atoms with Gasteiger partial charge in [-0.05, 0) is 61.6 Å². The summed E-state index contributed by atoms with van der Waals surface area (Å²) in [5, 5.41) is 0. The Morgan fingerprint density at radius 2 is 1.96 bits per heavy atom. The summed E-state index contributed by atoms with van der Waals surface area (Å²) in [5.74, 6) is 1.47. The zero-order valence-electron chi connectivity index (χ0n) is 14.6. The van der Waals surface area contributed by atoms with Crippen LogP contribution in [0.4, 0.5) is 0 Å². The Bertz CT molecular complexity index is 821. The first-order valence-corrected chi connectivity index (χ1v) is 10.4. The van der Waals surface area contributed by atoms with E-state index in [1.165, 1.54) is 6.26 Å². The molecule has 0 saturated carbocycles.